The molecule has 0 spiro atoms. The first-order chi connectivity index (χ1) is 14.5. The Bertz CT molecular complexity index is 942. The van der Waals surface area contributed by atoms with E-state index in [1.165, 1.54) is 25.3 Å². The summed E-state index contributed by atoms with van der Waals surface area (Å²) in [6.07, 6.45) is 0. The molecule has 3 rings (SSSR count). The fraction of sp³-hybridized carbons (Fsp3) is 0.300. The maximum Gasteiger partial charge on any atom is 0.296 e. The minimum absolute atomic E-state index is 0.0204. The first-order valence-electron chi connectivity index (χ1n) is 9.20. The highest BCUT2D eigenvalue weighted by Gasteiger charge is 2.22. The Morgan fingerprint density at radius 3 is 2.63 bits per heavy atom. The molecular formula is C20H21N3O7. The Balaban J connectivity index is 1.67. The molecule has 0 aliphatic carbocycles. The van der Waals surface area contributed by atoms with Gasteiger partial charge in [0.05, 0.1) is 36.9 Å². The van der Waals surface area contributed by atoms with Crippen LogP contribution >= 0.6 is 0 Å². The van der Waals surface area contributed by atoms with E-state index in [4.69, 9.17) is 14.2 Å². The van der Waals surface area contributed by atoms with Crippen molar-refractivity contribution in [3.63, 3.8) is 0 Å². The van der Waals surface area contributed by atoms with Crippen LogP contribution in [0.2, 0.25) is 0 Å². The van der Waals surface area contributed by atoms with Crippen molar-refractivity contribution in [3.8, 4) is 11.5 Å². The Labute approximate surface area is 172 Å². The van der Waals surface area contributed by atoms with E-state index in [1.54, 1.807) is 29.2 Å². The number of nitrogens with one attached hydrogen (secondary N) is 1. The molecule has 1 aliphatic rings. The third kappa shape index (κ3) is 5.03. The lowest BCUT2D eigenvalue weighted by Crippen LogP contribution is -2.40. The highest BCUT2D eigenvalue weighted by Crippen LogP contribution is 2.29. The molecule has 2 aromatic rings. The van der Waals surface area contributed by atoms with Crippen LogP contribution in [0.1, 0.15) is 10.4 Å². The molecular weight excluding hydrogens is 394 g/mol. The SMILES string of the molecule is COc1ccc(NC(=O)COc2ccccc2C(=O)N2CCOCC2)c([N+](=O)[O-])c1. The van der Waals surface area contributed by atoms with E-state index < -0.39 is 17.4 Å². The average Bonchev–Trinajstić information content (AvgIpc) is 2.78. The smallest absolute Gasteiger partial charge is 0.296 e. The van der Waals surface area contributed by atoms with Gasteiger partial charge in [0.25, 0.3) is 17.5 Å². The molecule has 2 amide bonds. The fourth-order valence-electron chi connectivity index (χ4n) is 2.93. The van der Waals surface area contributed by atoms with Gasteiger partial charge in [-0.15, -0.1) is 0 Å². The van der Waals surface area contributed by atoms with Gasteiger partial charge in [0.2, 0.25) is 0 Å². The molecule has 0 unspecified atom stereocenters. The minimum atomic E-state index is -0.616. The van der Waals surface area contributed by atoms with Gasteiger partial charge in [0, 0.05) is 13.1 Å². The van der Waals surface area contributed by atoms with Crippen molar-refractivity contribution in [1.29, 1.82) is 0 Å². The molecule has 1 saturated heterocycles. The molecule has 0 bridgehead atoms. The number of hydrogen-bond donors (Lipinski definition) is 1. The van der Waals surface area contributed by atoms with Crippen LogP contribution in [0.3, 0.4) is 0 Å². The zero-order valence-corrected chi connectivity index (χ0v) is 16.3. The Hall–Kier alpha value is -3.66. The number of rotatable bonds is 7. The second kappa shape index (κ2) is 9.70. The number of methoxy groups -OCH3 is 1. The highest BCUT2D eigenvalue weighted by molar-refractivity contribution is 5.97. The number of benzene rings is 2. The van der Waals surface area contributed by atoms with Crippen molar-refractivity contribution in [2.24, 2.45) is 0 Å². The Morgan fingerprint density at radius 2 is 1.93 bits per heavy atom. The summed E-state index contributed by atoms with van der Waals surface area (Å²) in [4.78, 5) is 37.3. The number of para-hydroxylation sites is 1. The zero-order chi connectivity index (χ0) is 21.5. The minimum Gasteiger partial charge on any atom is -0.496 e. The van der Waals surface area contributed by atoms with Crippen molar-refractivity contribution >= 4 is 23.2 Å². The molecule has 0 aromatic heterocycles. The fourth-order valence-corrected chi connectivity index (χ4v) is 2.93. The molecule has 158 valence electrons. The number of morpholine rings is 1. The van der Waals surface area contributed by atoms with Crippen LogP contribution in [-0.2, 0) is 9.53 Å². The van der Waals surface area contributed by atoms with Crippen molar-refractivity contribution < 1.29 is 28.7 Å². The lowest BCUT2D eigenvalue weighted by atomic mass is 10.1. The number of anilines is 1. The van der Waals surface area contributed by atoms with E-state index >= 15 is 0 Å². The average molecular weight is 415 g/mol. The number of nitrogens with zero attached hydrogens (tertiary/aromatic N) is 2. The summed E-state index contributed by atoms with van der Waals surface area (Å²) in [7, 11) is 1.39. The van der Waals surface area contributed by atoms with Gasteiger partial charge < -0.3 is 24.4 Å². The van der Waals surface area contributed by atoms with Crippen LogP contribution in [0.4, 0.5) is 11.4 Å². The second-order valence-corrected chi connectivity index (χ2v) is 6.38. The summed E-state index contributed by atoms with van der Waals surface area (Å²) in [5.74, 6) is -0.253. The van der Waals surface area contributed by atoms with Crippen molar-refractivity contribution in [2.75, 3.05) is 45.3 Å². The first kappa shape index (κ1) is 21.1. The number of carbonyl (C=O) groups excluding carboxylic acids is 2. The van der Waals surface area contributed by atoms with Crippen LogP contribution in [0.15, 0.2) is 42.5 Å². The monoisotopic (exact) mass is 415 g/mol. The van der Waals surface area contributed by atoms with Crippen LogP contribution in [0, 0.1) is 10.1 Å². The molecule has 0 radical (unpaired) electrons. The largest absolute Gasteiger partial charge is 0.496 e. The number of ether oxygens (including phenoxy) is 3. The molecule has 1 aliphatic heterocycles. The number of nitro benzene ring substituents is 1. The van der Waals surface area contributed by atoms with E-state index in [-0.39, 0.29) is 23.0 Å². The lowest BCUT2D eigenvalue weighted by Gasteiger charge is -2.27. The first-order valence-corrected chi connectivity index (χ1v) is 9.20. The van der Waals surface area contributed by atoms with Gasteiger partial charge in [-0.05, 0) is 24.3 Å². The van der Waals surface area contributed by atoms with E-state index in [0.29, 0.717) is 37.6 Å². The molecule has 30 heavy (non-hydrogen) atoms. The Kier molecular flexibility index (Phi) is 6.81. The zero-order valence-electron chi connectivity index (χ0n) is 16.3. The molecule has 1 fully saturated rings. The number of amides is 2. The quantitative estimate of drug-likeness (QED) is 0.543. The third-order valence-electron chi connectivity index (χ3n) is 4.45. The number of hydrogen-bond acceptors (Lipinski definition) is 7. The maximum absolute atomic E-state index is 12.7. The van der Waals surface area contributed by atoms with Crippen LogP contribution < -0.4 is 14.8 Å². The molecule has 10 nitrogen and oxygen atoms in total. The van der Waals surface area contributed by atoms with Crippen LogP contribution in [0.5, 0.6) is 11.5 Å². The van der Waals surface area contributed by atoms with Gasteiger partial charge in [-0.2, -0.15) is 0 Å². The lowest BCUT2D eigenvalue weighted by molar-refractivity contribution is -0.384. The van der Waals surface area contributed by atoms with Crippen LogP contribution in [-0.4, -0.2) is 61.7 Å². The van der Waals surface area contributed by atoms with Crippen molar-refractivity contribution in [2.45, 2.75) is 0 Å². The highest BCUT2D eigenvalue weighted by atomic mass is 16.6. The van der Waals surface area contributed by atoms with Gasteiger partial charge in [0.15, 0.2) is 6.61 Å². The standard InChI is InChI=1S/C20H21N3O7/c1-28-14-6-7-16(17(12-14)23(26)27)21-19(24)13-30-18-5-3-2-4-15(18)20(25)22-8-10-29-11-9-22/h2-7,12H,8-11,13H2,1H3,(H,21,24). The summed E-state index contributed by atoms with van der Waals surface area (Å²) in [5.41, 5.74) is 0.0558. The number of carbonyl (C=O) groups is 2. The van der Waals surface area contributed by atoms with Gasteiger partial charge >= 0.3 is 0 Å². The van der Waals surface area contributed by atoms with E-state index in [1.807, 2.05) is 0 Å². The molecule has 1 N–H and O–H groups in total. The van der Waals surface area contributed by atoms with Gasteiger partial charge in [-0.1, -0.05) is 12.1 Å². The predicted molar refractivity (Wildman–Crippen MR) is 107 cm³/mol. The molecule has 0 saturated carbocycles. The normalized spacial score (nSPS) is 13.4. The Morgan fingerprint density at radius 1 is 1.20 bits per heavy atom. The van der Waals surface area contributed by atoms with Crippen molar-refractivity contribution in [3.05, 3.63) is 58.1 Å². The molecule has 1 heterocycles. The topological polar surface area (TPSA) is 120 Å². The molecule has 0 atom stereocenters. The molecule has 2 aromatic carbocycles. The van der Waals surface area contributed by atoms with E-state index in [9.17, 15) is 19.7 Å². The second-order valence-electron chi connectivity index (χ2n) is 6.38. The summed E-state index contributed by atoms with van der Waals surface area (Å²) < 4.78 is 15.8. The molecule has 10 heteroatoms. The number of nitro groups is 1. The maximum atomic E-state index is 12.7. The van der Waals surface area contributed by atoms with Gasteiger partial charge in [-0.25, -0.2) is 0 Å². The summed E-state index contributed by atoms with van der Waals surface area (Å²) in [6.45, 7) is 1.48. The van der Waals surface area contributed by atoms with Crippen LogP contribution in [0.25, 0.3) is 0 Å². The summed E-state index contributed by atoms with van der Waals surface area (Å²) in [6, 6.07) is 10.7. The summed E-state index contributed by atoms with van der Waals surface area (Å²) >= 11 is 0. The van der Waals surface area contributed by atoms with E-state index in [2.05, 4.69) is 5.32 Å². The van der Waals surface area contributed by atoms with Gasteiger partial charge in [-0.3, -0.25) is 19.7 Å². The third-order valence-corrected chi connectivity index (χ3v) is 4.45. The van der Waals surface area contributed by atoms with E-state index in [0.717, 1.165) is 0 Å². The van der Waals surface area contributed by atoms with Gasteiger partial charge in [0.1, 0.15) is 17.2 Å². The predicted octanol–water partition coefficient (Wildman–Crippen LogP) is 2.09. The summed E-state index contributed by atoms with van der Waals surface area (Å²) in [5, 5.41) is 13.7. The van der Waals surface area contributed by atoms with Crippen molar-refractivity contribution in [1.82, 2.24) is 4.90 Å².